The molecule has 0 aliphatic heterocycles. The Hall–Kier alpha value is -0.310. The number of hydrogen-bond donors (Lipinski definition) is 0. The molecule has 0 bridgehead atoms. The first-order valence-electron chi connectivity index (χ1n) is 4.20. The standard InChI is InChI=1S/C9H16BrNO/c1-3-7-11(8-4-2)9(12)5-6-10/h3H,1,4-8H2,2H3. The zero-order valence-corrected chi connectivity index (χ0v) is 9.14. The summed E-state index contributed by atoms with van der Waals surface area (Å²) in [5.74, 6) is 0.202. The minimum atomic E-state index is 0.202. The largest absolute Gasteiger partial charge is 0.339 e. The predicted octanol–water partition coefficient (Wildman–Crippen LogP) is 2.20. The molecule has 0 atom stereocenters. The summed E-state index contributed by atoms with van der Waals surface area (Å²) in [6, 6.07) is 0. The van der Waals surface area contributed by atoms with E-state index in [0.717, 1.165) is 18.3 Å². The fraction of sp³-hybridized carbons (Fsp3) is 0.667. The molecule has 0 aromatic carbocycles. The Morgan fingerprint density at radius 1 is 1.67 bits per heavy atom. The summed E-state index contributed by atoms with van der Waals surface area (Å²) in [6.07, 6.45) is 3.34. The molecular formula is C9H16BrNO. The number of rotatable bonds is 6. The van der Waals surface area contributed by atoms with Gasteiger partial charge in [0.1, 0.15) is 0 Å². The second kappa shape index (κ2) is 7.35. The van der Waals surface area contributed by atoms with Crippen LogP contribution in [0.4, 0.5) is 0 Å². The molecule has 0 aromatic heterocycles. The second-order valence-electron chi connectivity index (χ2n) is 2.57. The van der Waals surface area contributed by atoms with Gasteiger partial charge >= 0.3 is 0 Å². The predicted molar refractivity (Wildman–Crippen MR) is 55.5 cm³/mol. The summed E-state index contributed by atoms with van der Waals surface area (Å²) in [5, 5.41) is 0.739. The quantitative estimate of drug-likeness (QED) is 0.509. The fourth-order valence-electron chi connectivity index (χ4n) is 0.983. The molecule has 1 amide bonds. The Morgan fingerprint density at radius 2 is 2.33 bits per heavy atom. The van der Waals surface area contributed by atoms with Gasteiger partial charge in [0, 0.05) is 24.8 Å². The van der Waals surface area contributed by atoms with Crippen molar-refractivity contribution in [2.75, 3.05) is 18.4 Å². The zero-order valence-electron chi connectivity index (χ0n) is 7.55. The van der Waals surface area contributed by atoms with Crippen molar-refractivity contribution in [2.45, 2.75) is 19.8 Å². The number of nitrogens with zero attached hydrogens (tertiary/aromatic N) is 1. The number of carbonyl (C=O) groups excluding carboxylic acids is 1. The highest BCUT2D eigenvalue weighted by Gasteiger charge is 2.08. The van der Waals surface area contributed by atoms with E-state index in [1.807, 2.05) is 4.90 Å². The van der Waals surface area contributed by atoms with Crippen molar-refractivity contribution in [3.63, 3.8) is 0 Å². The molecule has 0 rings (SSSR count). The molecule has 0 saturated carbocycles. The highest BCUT2D eigenvalue weighted by molar-refractivity contribution is 9.09. The summed E-state index contributed by atoms with van der Waals surface area (Å²) >= 11 is 3.25. The van der Waals surface area contributed by atoms with Crippen molar-refractivity contribution in [2.24, 2.45) is 0 Å². The van der Waals surface area contributed by atoms with Crippen molar-refractivity contribution >= 4 is 21.8 Å². The van der Waals surface area contributed by atoms with Crippen molar-refractivity contribution < 1.29 is 4.79 Å². The SMILES string of the molecule is C=CCN(CCC)C(=O)CCBr. The molecule has 0 aromatic rings. The van der Waals surface area contributed by atoms with Gasteiger partial charge in [0.25, 0.3) is 0 Å². The Bertz CT molecular complexity index is 147. The Kier molecular flexibility index (Phi) is 7.16. The van der Waals surface area contributed by atoms with Crippen LogP contribution in [0.2, 0.25) is 0 Å². The van der Waals surface area contributed by atoms with E-state index < -0.39 is 0 Å². The van der Waals surface area contributed by atoms with Gasteiger partial charge in [-0.3, -0.25) is 4.79 Å². The fourth-order valence-corrected chi connectivity index (χ4v) is 1.32. The van der Waals surface area contributed by atoms with Gasteiger partial charge in [0.05, 0.1) is 0 Å². The Morgan fingerprint density at radius 3 is 2.75 bits per heavy atom. The first kappa shape index (κ1) is 11.7. The third-order valence-corrected chi connectivity index (χ3v) is 1.90. The van der Waals surface area contributed by atoms with Crippen LogP contribution in [0.1, 0.15) is 19.8 Å². The molecular weight excluding hydrogens is 218 g/mol. The van der Waals surface area contributed by atoms with E-state index in [1.54, 1.807) is 6.08 Å². The van der Waals surface area contributed by atoms with Gasteiger partial charge in [-0.2, -0.15) is 0 Å². The second-order valence-corrected chi connectivity index (χ2v) is 3.36. The van der Waals surface area contributed by atoms with E-state index in [9.17, 15) is 4.79 Å². The highest BCUT2D eigenvalue weighted by atomic mass is 79.9. The van der Waals surface area contributed by atoms with Crippen LogP contribution in [0, 0.1) is 0 Å². The topological polar surface area (TPSA) is 20.3 Å². The molecule has 0 heterocycles. The van der Waals surface area contributed by atoms with Gasteiger partial charge in [-0.1, -0.05) is 28.9 Å². The van der Waals surface area contributed by atoms with E-state index in [4.69, 9.17) is 0 Å². The maximum Gasteiger partial charge on any atom is 0.223 e. The molecule has 3 heteroatoms. The molecule has 12 heavy (non-hydrogen) atoms. The summed E-state index contributed by atoms with van der Waals surface area (Å²) in [4.78, 5) is 13.2. The van der Waals surface area contributed by atoms with Crippen molar-refractivity contribution in [1.82, 2.24) is 4.90 Å². The van der Waals surface area contributed by atoms with Crippen LogP contribution in [0.3, 0.4) is 0 Å². The van der Waals surface area contributed by atoms with E-state index in [-0.39, 0.29) is 5.91 Å². The van der Waals surface area contributed by atoms with Crippen molar-refractivity contribution in [3.05, 3.63) is 12.7 Å². The van der Waals surface area contributed by atoms with E-state index in [0.29, 0.717) is 13.0 Å². The van der Waals surface area contributed by atoms with Crippen LogP contribution in [0.15, 0.2) is 12.7 Å². The average molecular weight is 234 g/mol. The molecule has 0 N–H and O–H groups in total. The van der Waals surface area contributed by atoms with Crippen LogP contribution in [-0.4, -0.2) is 29.2 Å². The van der Waals surface area contributed by atoms with Gasteiger partial charge in [-0.15, -0.1) is 6.58 Å². The first-order chi connectivity index (χ1) is 5.76. The zero-order chi connectivity index (χ0) is 9.40. The van der Waals surface area contributed by atoms with Gasteiger partial charge in [-0.05, 0) is 6.42 Å². The summed E-state index contributed by atoms with van der Waals surface area (Å²) in [5.41, 5.74) is 0. The number of halogens is 1. The van der Waals surface area contributed by atoms with Gasteiger partial charge < -0.3 is 4.90 Å². The van der Waals surface area contributed by atoms with Gasteiger partial charge in [0.15, 0.2) is 0 Å². The lowest BCUT2D eigenvalue weighted by molar-refractivity contribution is -0.130. The summed E-state index contributed by atoms with van der Waals surface area (Å²) in [7, 11) is 0. The normalized spacial score (nSPS) is 9.50. The van der Waals surface area contributed by atoms with Crippen LogP contribution in [-0.2, 0) is 4.79 Å². The van der Waals surface area contributed by atoms with Crippen LogP contribution in [0.25, 0.3) is 0 Å². The first-order valence-corrected chi connectivity index (χ1v) is 5.33. The van der Waals surface area contributed by atoms with E-state index >= 15 is 0 Å². The van der Waals surface area contributed by atoms with Gasteiger partial charge in [-0.25, -0.2) is 0 Å². The van der Waals surface area contributed by atoms with E-state index in [2.05, 4.69) is 29.4 Å². The van der Waals surface area contributed by atoms with Gasteiger partial charge in [0.2, 0.25) is 5.91 Å². The third-order valence-electron chi connectivity index (χ3n) is 1.50. The lowest BCUT2D eigenvalue weighted by Crippen LogP contribution is -2.31. The minimum absolute atomic E-state index is 0.202. The molecule has 0 fully saturated rings. The highest BCUT2D eigenvalue weighted by Crippen LogP contribution is 1.98. The average Bonchev–Trinajstić information content (AvgIpc) is 2.04. The van der Waals surface area contributed by atoms with Crippen molar-refractivity contribution in [3.8, 4) is 0 Å². The number of hydrogen-bond acceptors (Lipinski definition) is 1. The molecule has 0 saturated heterocycles. The summed E-state index contributed by atoms with van der Waals surface area (Å²) < 4.78 is 0. The Labute approximate surface area is 82.8 Å². The third kappa shape index (κ3) is 4.54. The molecule has 0 radical (unpaired) electrons. The molecule has 0 aliphatic rings. The monoisotopic (exact) mass is 233 g/mol. The Balaban J connectivity index is 3.89. The summed E-state index contributed by atoms with van der Waals surface area (Å²) in [6.45, 7) is 7.18. The smallest absolute Gasteiger partial charge is 0.223 e. The van der Waals surface area contributed by atoms with Crippen LogP contribution >= 0.6 is 15.9 Å². The molecule has 70 valence electrons. The van der Waals surface area contributed by atoms with E-state index in [1.165, 1.54) is 0 Å². The molecule has 0 unspecified atom stereocenters. The lowest BCUT2D eigenvalue weighted by Gasteiger charge is -2.19. The number of amides is 1. The van der Waals surface area contributed by atoms with Crippen molar-refractivity contribution in [1.29, 1.82) is 0 Å². The molecule has 2 nitrogen and oxygen atoms in total. The maximum atomic E-state index is 11.4. The van der Waals surface area contributed by atoms with Crippen LogP contribution < -0.4 is 0 Å². The number of alkyl halides is 1. The molecule has 0 spiro atoms. The minimum Gasteiger partial charge on any atom is -0.339 e. The number of carbonyl (C=O) groups is 1. The lowest BCUT2D eigenvalue weighted by atomic mass is 10.3. The maximum absolute atomic E-state index is 11.4. The molecule has 0 aliphatic carbocycles. The van der Waals surface area contributed by atoms with Crippen LogP contribution in [0.5, 0.6) is 0 Å².